The Morgan fingerprint density at radius 1 is 1.44 bits per heavy atom. The van der Waals surface area contributed by atoms with Gasteiger partial charge in [-0.3, -0.25) is 4.79 Å². The second-order valence-corrected chi connectivity index (χ2v) is 5.78. The molecule has 0 aliphatic carbocycles. The van der Waals surface area contributed by atoms with Gasteiger partial charge in [-0.1, -0.05) is 0 Å². The molecule has 25 heavy (non-hydrogen) atoms. The van der Waals surface area contributed by atoms with E-state index >= 15 is 0 Å². The minimum Gasteiger partial charge on any atom is -0.373 e. The van der Waals surface area contributed by atoms with Gasteiger partial charge in [-0.25, -0.2) is 18.2 Å². The molecular formula is C16H14BrF3N4O. The van der Waals surface area contributed by atoms with Gasteiger partial charge in [-0.15, -0.1) is 0 Å². The van der Waals surface area contributed by atoms with Crippen LogP contribution in [-0.4, -0.2) is 35.0 Å². The Morgan fingerprint density at radius 2 is 2.20 bits per heavy atom. The lowest BCUT2D eigenvalue weighted by atomic mass is 10.1. The molecule has 0 atom stereocenters. The fourth-order valence-electron chi connectivity index (χ4n) is 2.16. The predicted molar refractivity (Wildman–Crippen MR) is 91.8 cm³/mol. The number of aromatic nitrogens is 2. The van der Waals surface area contributed by atoms with Gasteiger partial charge in [0.25, 0.3) is 6.43 Å². The van der Waals surface area contributed by atoms with Crippen LogP contribution < -0.4 is 5.32 Å². The fourth-order valence-corrected chi connectivity index (χ4v) is 2.56. The molecule has 0 spiro atoms. The summed E-state index contributed by atoms with van der Waals surface area (Å²) in [6, 6.07) is 3.76. The number of alkyl halides is 2. The van der Waals surface area contributed by atoms with Gasteiger partial charge in [0, 0.05) is 35.3 Å². The molecule has 132 valence electrons. The van der Waals surface area contributed by atoms with Gasteiger partial charge < -0.3 is 15.3 Å². The van der Waals surface area contributed by atoms with Crippen LogP contribution in [0.15, 0.2) is 40.8 Å². The molecule has 0 aliphatic rings. The van der Waals surface area contributed by atoms with Crippen LogP contribution in [0.25, 0.3) is 11.4 Å². The normalized spacial score (nSPS) is 12.0. The van der Waals surface area contributed by atoms with E-state index in [0.717, 1.165) is 12.3 Å². The average Bonchev–Trinajstić information content (AvgIpc) is 3.05. The zero-order valence-electron chi connectivity index (χ0n) is 12.8. The Kier molecular flexibility index (Phi) is 6.51. The third kappa shape index (κ3) is 4.79. The zero-order chi connectivity index (χ0) is 18.4. The van der Waals surface area contributed by atoms with E-state index in [1.165, 1.54) is 18.3 Å². The lowest BCUT2D eigenvalue weighted by Gasteiger charge is -2.13. The largest absolute Gasteiger partial charge is 0.373 e. The fraction of sp³-hybridized carbons (Fsp3) is 0.188. The maximum atomic E-state index is 13.3. The highest BCUT2D eigenvalue weighted by Crippen LogP contribution is 2.23. The Labute approximate surface area is 150 Å². The molecule has 0 bridgehead atoms. The minimum absolute atomic E-state index is 0.141. The van der Waals surface area contributed by atoms with Crippen molar-refractivity contribution in [3.05, 3.63) is 52.2 Å². The number of hydrogen-bond acceptors (Lipinski definition) is 4. The zero-order valence-corrected chi connectivity index (χ0v) is 14.4. The maximum absolute atomic E-state index is 13.3. The van der Waals surface area contributed by atoms with Crippen LogP contribution in [-0.2, 0) is 6.54 Å². The number of imidazole rings is 1. The molecule has 2 rings (SSSR count). The molecule has 0 aliphatic heterocycles. The summed E-state index contributed by atoms with van der Waals surface area (Å²) in [5.74, 6) is -0.140. The topological polar surface area (TPSA) is 70.8 Å². The van der Waals surface area contributed by atoms with Crippen molar-refractivity contribution in [2.45, 2.75) is 13.0 Å². The second-order valence-electron chi connectivity index (χ2n) is 4.98. The van der Waals surface area contributed by atoms with E-state index in [0.29, 0.717) is 23.2 Å². The smallest absolute Gasteiger partial charge is 0.255 e. The van der Waals surface area contributed by atoms with Gasteiger partial charge in [0.15, 0.2) is 6.29 Å². The lowest BCUT2D eigenvalue weighted by Crippen LogP contribution is -2.20. The van der Waals surface area contributed by atoms with Crippen molar-refractivity contribution < 1.29 is 18.0 Å². The number of benzene rings is 1. The first-order valence-electron chi connectivity index (χ1n) is 7.13. The summed E-state index contributed by atoms with van der Waals surface area (Å²) in [5, 5.41) is 9.97. The monoisotopic (exact) mass is 414 g/mol. The third-order valence-corrected chi connectivity index (χ3v) is 4.10. The molecule has 0 saturated carbocycles. The number of nitrogens with zero attached hydrogens (tertiary/aromatic N) is 2. The molecule has 1 aromatic heterocycles. The van der Waals surface area contributed by atoms with Crippen LogP contribution in [0, 0.1) is 11.2 Å². The van der Waals surface area contributed by atoms with Crippen LogP contribution in [0.4, 0.5) is 13.2 Å². The van der Waals surface area contributed by atoms with Crippen molar-refractivity contribution in [2.24, 2.45) is 0 Å². The SMILES string of the molecule is N=C/C(Cn1ccnc1-c1ccc(F)cc1C=O)=C(/Br)NCC(F)F. The third-order valence-electron chi connectivity index (χ3n) is 3.31. The Hall–Kier alpha value is -2.42. The van der Waals surface area contributed by atoms with Crippen molar-refractivity contribution in [1.82, 2.24) is 14.9 Å². The van der Waals surface area contributed by atoms with Crippen molar-refractivity contribution in [2.75, 3.05) is 6.54 Å². The second kappa shape index (κ2) is 8.61. The van der Waals surface area contributed by atoms with Crippen LogP contribution in [0.5, 0.6) is 0 Å². The number of aldehydes is 1. The quantitative estimate of drug-likeness (QED) is 0.393. The summed E-state index contributed by atoms with van der Waals surface area (Å²) in [7, 11) is 0. The number of carbonyl (C=O) groups excluding carboxylic acids is 1. The Balaban J connectivity index is 2.34. The van der Waals surface area contributed by atoms with Gasteiger partial charge in [0.1, 0.15) is 11.6 Å². The van der Waals surface area contributed by atoms with E-state index in [2.05, 4.69) is 26.2 Å². The molecule has 9 heteroatoms. The molecule has 0 saturated heterocycles. The van der Waals surface area contributed by atoms with Crippen molar-refractivity contribution in [1.29, 1.82) is 5.41 Å². The lowest BCUT2D eigenvalue weighted by molar-refractivity contribution is 0.112. The van der Waals surface area contributed by atoms with E-state index in [-0.39, 0.29) is 16.7 Å². The highest BCUT2D eigenvalue weighted by atomic mass is 79.9. The standard InChI is InChI=1S/C16H14BrF3N4O/c17-15(23-7-14(19)20)11(6-21)8-24-4-3-22-16(24)13-2-1-12(18)5-10(13)9-25/h1-6,9,14,21,23H,7-8H2/b15-11+,21-6?. The van der Waals surface area contributed by atoms with Crippen LogP contribution in [0.2, 0.25) is 0 Å². The van der Waals surface area contributed by atoms with Crippen LogP contribution in [0.1, 0.15) is 10.4 Å². The number of nitrogens with one attached hydrogen (secondary N) is 2. The molecule has 0 radical (unpaired) electrons. The van der Waals surface area contributed by atoms with E-state index < -0.39 is 18.8 Å². The molecule has 0 amide bonds. The molecule has 2 N–H and O–H groups in total. The summed E-state index contributed by atoms with van der Waals surface area (Å²) in [6.45, 7) is -0.409. The highest BCUT2D eigenvalue weighted by molar-refractivity contribution is 9.11. The van der Waals surface area contributed by atoms with E-state index in [1.807, 2.05) is 0 Å². The average molecular weight is 415 g/mol. The molecule has 0 unspecified atom stereocenters. The summed E-state index contributed by atoms with van der Waals surface area (Å²) in [6.07, 6.45) is 2.14. The number of hydrogen-bond donors (Lipinski definition) is 2. The van der Waals surface area contributed by atoms with E-state index in [4.69, 9.17) is 5.41 Å². The maximum Gasteiger partial charge on any atom is 0.255 e. The van der Waals surface area contributed by atoms with Crippen LogP contribution >= 0.6 is 15.9 Å². The van der Waals surface area contributed by atoms with Crippen LogP contribution in [0.3, 0.4) is 0 Å². The highest BCUT2D eigenvalue weighted by Gasteiger charge is 2.14. The molecule has 1 aromatic carbocycles. The van der Waals surface area contributed by atoms with Gasteiger partial charge in [-0.05, 0) is 34.1 Å². The van der Waals surface area contributed by atoms with E-state index in [1.54, 1.807) is 10.8 Å². The van der Waals surface area contributed by atoms with Crippen molar-refractivity contribution in [3.8, 4) is 11.4 Å². The van der Waals surface area contributed by atoms with Crippen molar-refractivity contribution >= 4 is 28.4 Å². The summed E-state index contributed by atoms with van der Waals surface area (Å²) in [5.41, 5.74) is 0.972. The van der Waals surface area contributed by atoms with Crippen molar-refractivity contribution in [3.63, 3.8) is 0 Å². The molecule has 0 fully saturated rings. The minimum atomic E-state index is -2.53. The first-order valence-corrected chi connectivity index (χ1v) is 7.93. The molecule has 2 aromatic rings. The predicted octanol–water partition coefficient (Wildman–Crippen LogP) is 3.61. The number of allylic oxidation sites excluding steroid dienone is 1. The molecule has 1 heterocycles. The van der Waals surface area contributed by atoms with Gasteiger partial charge in [0.05, 0.1) is 17.7 Å². The van der Waals surface area contributed by atoms with Gasteiger partial charge >= 0.3 is 0 Å². The van der Waals surface area contributed by atoms with E-state index in [9.17, 15) is 18.0 Å². The summed E-state index contributed by atoms with van der Waals surface area (Å²) >= 11 is 3.14. The summed E-state index contributed by atoms with van der Waals surface area (Å²) in [4.78, 5) is 15.4. The first kappa shape index (κ1) is 18.9. The first-order chi connectivity index (χ1) is 12.0. The summed E-state index contributed by atoms with van der Waals surface area (Å²) < 4.78 is 39.8. The molecule has 5 nitrogen and oxygen atoms in total. The van der Waals surface area contributed by atoms with Gasteiger partial charge in [0.2, 0.25) is 0 Å². The number of halogens is 4. The molecular weight excluding hydrogens is 401 g/mol. The Morgan fingerprint density at radius 3 is 2.84 bits per heavy atom. The Bertz CT molecular complexity index is 804. The number of carbonyl (C=O) groups is 1. The number of rotatable bonds is 8. The van der Waals surface area contributed by atoms with Gasteiger partial charge in [-0.2, -0.15) is 0 Å².